The van der Waals surface area contributed by atoms with Crippen molar-refractivity contribution < 1.29 is 19.8 Å². The Morgan fingerprint density at radius 3 is 2.06 bits per heavy atom. The molecule has 0 fully saturated rings. The number of carbonyl (C=O) groups is 2. The van der Waals surface area contributed by atoms with Crippen LogP contribution in [0.25, 0.3) is 0 Å². The summed E-state index contributed by atoms with van der Waals surface area (Å²) in [5, 5.41) is 17.7. The largest absolute Gasteiger partial charge is 0.481 e. The van der Waals surface area contributed by atoms with Crippen LogP contribution in [0.1, 0.15) is 37.3 Å². The van der Waals surface area contributed by atoms with E-state index in [1.54, 1.807) is 12.1 Å². The predicted octanol–water partition coefficient (Wildman–Crippen LogP) is 2.53. The van der Waals surface area contributed by atoms with Crippen molar-refractivity contribution in [3.8, 4) is 0 Å². The molecular weight excluding hydrogens is 232 g/mol. The molecule has 1 aromatic carbocycles. The predicted molar refractivity (Wildman–Crippen MR) is 67.6 cm³/mol. The maximum Gasteiger partial charge on any atom is 0.311 e. The van der Waals surface area contributed by atoms with Gasteiger partial charge in [0.1, 0.15) is 0 Å². The quantitative estimate of drug-likeness (QED) is 0.813. The summed E-state index contributed by atoms with van der Waals surface area (Å²) in [6.45, 7) is 4.22. The van der Waals surface area contributed by atoms with Crippen LogP contribution in [-0.4, -0.2) is 22.2 Å². The number of hydrogen-bond acceptors (Lipinski definition) is 2. The average molecular weight is 250 g/mol. The van der Waals surface area contributed by atoms with Gasteiger partial charge in [0.2, 0.25) is 0 Å². The molecule has 0 radical (unpaired) electrons. The minimum absolute atomic E-state index is 0.390. The van der Waals surface area contributed by atoms with Crippen molar-refractivity contribution in [2.75, 3.05) is 0 Å². The van der Waals surface area contributed by atoms with Gasteiger partial charge in [-0.25, -0.2) is 0 Å². The molecule has 0 spiro atoms. The number of hydrogen-bond donors (Lipinski definition) is 2. The van der Waals surface area contributed by atoms with E-state index in [0.717, 1.165) is 12.0 Å². The first-order valence-electron chi connectivity index (χ1n) is 5.93. The molecule has 0 aliphatic carbocycles. The molecule has 1 rings (SSSR count). The monoisotopic (exact) mass is 250 g/mol. The maximum atomic E-state index is 11.0. The second-order valence-electron chi connectivity index (χ2n) is 4.83. The standard InChI is InChI=1S/C14H18O4/c1-9(2)7-10-3-5-11(6-4-10)12(14(17)18)8-13(15)16/h3-6,9,12H,7-8H2,1-2H3,(H,15,16)(H,17,18)/t12-/m0/s1. The second kappa shape index (κ2) is 6.19. The van der Waals surface area contributed by atoms with Crippen molar-refractivity contribution in [3.05, 3.63) is 35.4 Å². The van der Waals surface area contributed by atoms with Crippen LogP contribution in [0.15, 0.2) is 24.3 Å². The number of aliphatic carboxylic acids is 2. The number of benzene rings is 1. The molecule has 4 heteroatoms. The lowest BCUT2D eigenvalue weighted by atomic mass is 9.93. The van der Waals surface area contributed by atoms with Gasteiger partial charge in [0.15, 0.2) is 0 Å². The van der Waals surface area contributed by atoms with Gasteiger partial charge in [-0.2, -0.15) is 0 Å². The number of carboxylic acids is 2. The summed E-state index contributed by atoms with van der Waals surface area (Å²) in [5.74, 6) is -2.65. The average Bonchev–Trinajstić information content (AvgIpc) is 2.26. The normalized spacial score (nSPS) is 12.4. The molecule has 0 bridgehead atoms. The molecule has 1 aromatic rings. The highest BCUT2D eigenvalue weighted by Gasteiger charge is 2.22. The topological polar surface area (TPSA) is 74.6 Å². The van der Waals surface area contributed by atoms with Gasteiger partial charge in [-0.05, 0) is 23.5 Å². The zero-order valence-electron chi connectivity index (χ0n) is 10.6. The van der Waals surface area contributed by atoms with Crippen LogP contribution in [0.5, 0.6) is 0 Å². The van der Waals surface area contributed by atoms with Crippen LogP contribution >= 0.6 is 0 Å². The fraction of sp³-hybridized carbons (Fsp3) is 0.429. The third kappa shape index (κ3) is 4.20. The highest BCUT2D eigenvalue weighted by atomic mass is 16.4. The molecule has 0 amide bonds. The molecule has 98 valence electrons. The lowest BCUT2D eigenvalue weighted by Crippen LogP contribution is -2.15. The Balaban J connectivity index is 2.86. The van der Waals surface area contributed by atoms with Gasteiger partial charge in [-0.15, -0.1) is 0 Å². The summed E-state index contributed by atoms with van der Waals surface area (Å²) < 4.78 is 0. The van der Waals surface area contributed by atoms with E-state index in [9.17, 15) is 9.59 Å². The van der Waals surface area contributed by atoms with E-state index in [-0.39, 0.29) is 0 Å². The smallest absolute Gasteiger partial charge is 0.311 e. The van der Waals surface area contributed by atoms with Crippen molar-refractivity contribution in [2.45, 2.75) is 32.6 Å². The first-order valence-corrected chi connectivity index (χ1v) is 5.93. The van der Waals surface area contributed by atoms with Crippen LogP contribution in [0.3, 0.4) is 0 Å². The van der Waals surface area contributed by atoms with Crippen molar-refractivity contribution in [3.63, 3.8) is 0 Å². The Kier molecular flexibility index (Phi) is 4.89. The van der Waals surface area contributed by atoms with Gasteiger partial charge in [-0.3, -0.25) is 9.59 Å². The van der Waals surface area contributed by atoms with E-state index < -0.39 is 24.3 Å². The molecule has 0 aliphatic rings. The molecule has 0 aliphatic heterocycles. The summed E-state index contributed by atoms with van der Waals surface area (Å²) in [4.78, 5) is 21.7. The van der Waals surface area contributed by atoms with E-state index >= 15 is 0 Å². The Bertz CT molecular complexity index is 420. The summed E-state index contributed by atoms with van der Waals surface area (Å²) in [5.41, 5.74) is 1.67. The molecule has 1 atom stereocenters. The second-order valence-corrected chi connectivity index (χ2v) is 4.83. The van der Waals surface area contributed by atoms with E-state index in [1.807, 2.05) is 12.1 Å². The first kappa shape index (κ1) is 14.2. The van der Waals surface area contributed by atoms with Crippen molar-refractivity contribution in [1.29, 1.82) is 0 Å². The Morgan fingerprint density at radius 2 is 1.67 bits per heavy atom. The van der Waals surface area contributed by atoms with Gasteiger partial charge in [-0.1, -0.05) is 38.1 Å². The Labute approximate surface area is 106 Å². The van der Waals surface area contributed by atoms with E-state index in [1.165, 1.54) is 0 Å². The zero-order chi connectivity index (χ0) is 13.7. The number of carboxylic acid groups (broad SMARTS) is 2. The van der Waals surface area contributed by atoms with Gasteiger partial charge >= 0.3 is 11.9 Å². The first-order chi connectivity index (χ1) is 8.40. The fourth-order valence-electron chi connectivity index (χ4n) is 1.88. The molecule has 18 heavy (non-hydrogen) atoms. The SMILES string of the molecule is CC(C)Cc1ccc([C@H](CC(=O)O)C(=O)O)cc1. The molecule has 2 N–H and O–H groups in total. The molecule has 0 heterocycles. The van der Waals surface area contributed by atoms with Crippen molar-refractivity contribution in [2.24, 2.45) is 5.92 Å². The van der Waals surface area contributed by atoms with Crippen LogP contribution in [0.4, 0.5) is 0 Å². The molecule has 4 nitrogen and oxygen atoms in total. The minimum atomic E-state index is -1.10. The molecule has 0 unspecified atom stereocenters. The number of rotatable bonds is 6. The van der Waals surface area contributed by atoms with E-state index in [2.05, 4.69) is 13.8 Å². The fourth-order valence-corrected chi connectivity index (χ4v) is 1.88. The van der Waals surface area contributed by atoms with Crippen LogP contribution in [0.2, 0.25) is 0 Å². The van der Waals surface area contributed by atoms with Crippen molar-refractivity contribution in [1.82, 2.24) is 0 Å². The van der Waals surface area contributed by atoms with Crippen molar-refractivity contribution >= 4 is 11.9 Å². The lowest BCUT2D eigenvalue weighted by Gasteiger charge is -2.11. The maximum absolute atomic E-state index is 11.0. The molecule has 0 saturated carbocycles. The molecule has 0 saturated heterocycles. The van der Waals surface area contributed by atoms with Crippen LogP contribution in [-0.2, 0) is 16.0 Å². The van der Waals surface area contributed by atoms with Gasteiger partial charge in [0.05, 0.1) is 12.3 Å². The van der Waals surface area contributed by atoms with E-state index in [4.69, 9.17) is 10.2 Å². The lowest BCUT2D eigenvalue weighted by molar-refractivity contribution is -0.145. The minimum Gasteiger partial charge on any atom is -0.481 e. The van der Waals surface area contributed by atoms with Gasteiger partial charge in [0.25, 0.3) is 0 Å². The van der Waals surface area contributed by atoms with Crippen LogP contribution < -0.4 is 0 Å². The summed E-state index contributed by atoms with van der Waals surface area (Å²) >= 11 is 0. The van der Waals surface area contributed by atoms with Gasteiger partial charge < -0.3 is 10.2 Å². The third-order valence-corrected chi connectivity index (χ3v) is 2.70. The zero-order valence-corrected chi connectivity index (χ0v) is 10.6. The van der Waals surface area contributed by atoms with Gasteiger partial charge in [0, 0.05) is 0 Å². The Morgan fingerprint density at radius 1 is 1.11 bits per heavy atom. The summed E-state index contributed by atoms with van der Waals surface area (Å²) in [7, 11) is 0. The summed E-state index contributed by atoms with van der Waals surface area (Å²) in [6, 6.07) is 7.15. The third-order valence-electron chi connectivity index (χ3n) is 2.70. The van der Waals surface area contributed by atoms with Crippen LogP contribution in [0, 0.1) is 5.92 Å². The summed E-state index contributed by atoms with van der Waals surface area (Å²) in [6.07, 6.45) is 0.538. The molecule has 0 aromatic heterocycles. The Hall–Kier alpha value is -1.84. The highest BCUT2D eigenvalue weighted by molar-refractivity contribution is 5.82. The highest BCUT2D eigenvalue weighted by Crippen LogP contribution is 2.21. The molecular formula is C14H18O4. The van der Waals surface area contributed by atoms with E-state index in [0.29, 0.717) is 11.5 Å².